The van der Waals surface area contributed by atoms with Crippen LogP contribution in [0.1, 0.15) is 45.4 Å². The molecule has 0 aromatic carbocycles. The molecular formula is C11H16F2O2. The highest BCUT2D eigenvalue weighted by Crippen LogP contribution is 2.72. The minimum atomic E-state index is -3.00. The van der Waals surface area contributed by atoms with Gasteiger partial charge in [-0.2, -0.15) is 0 Å². The number of hydrogen-bond acceptors (Lipinski definition) is 1. The molecule has 0 heterocycles. The van der Waals surface area contributed by atoms with E-state index >= 15 is 0 Å². The summed E-state index contributed by atoms with van der Waals surface area (Å²) in [5.74, 6) is -4.30. The fourth-order valence-electron chi connectivity index (χ4n) is 3.19. The van der Waals surface area contributed by atoms with E-state index in [-0.39, 0.29) is 0 Å². The molecule has 0 amide bonds. The van der Waals surface area contributed by atoms with Crippen molar-refractivity contribution in [2.45, 2.75) is 51.4 Å². The zero-order valence-electron chi connectivity index (χ0n) is 8.85. The van der Waals surface area contributed by atoms with Crippen molar-refractivity contribution in [1.82, 2.24) is 0 Å². The first kappa shape index (κ1) is 10.8. The highest BCUT2D eigenvalue weighted by atomic mass is 19.3. The second-order valence-electron chi connectivity index (χ2n) is 5.21. The first-order valence-electron chi connectivity index (χ1n) is 5.47. The Labute approximate surface area is 87.7 Å². The van der Waals surface area contributed by atoms with Crippen molar-refractivity contribution in [1.29, 1.82) is 0 Å². The lowest BCUT2D eigenvalue weighted by Crippen LogP contribution is -2.41. The predicted molar refractivity (Wildman–Crippen MR) is 50.8 cm³/mol. The first-order chi connectivity index (χ1) is 6.86. The minimum absolute atomic E-state index is 0.466. The van der Waals surface area contributed by atoms with E-state index in [1.54, 1.807) is 6.92 Å². The van der Waals surface area contributed by atoms with E-state index in [9.17, 15) is 13.6 Å². The number of rotatable bonds is 2. The van der Waals surface area contributed by atoms with Crippen LogP contribution in [0, 0.1) is 10.8 Å². The highest BCUT2D eigenvalue weighted by molar-refractivity contribution is 5.81. The second kappa shape index (κ2) is 2.92. The average Bonchev–Trinajstić information content (AvgIpc) is 2.73. The SMILES string of the molecule is CC1(C2(C(=O)O)CC2(F)F)CCCCC1. The number of carbonyl (C=O) groups is 1. The van der Waals surface area contributed by atoms with Crippen molar-refractivity contribution in [3.05, 3.63) is 0 Å². The smallest absolute Gasteiger partial charge is 0.316 e. The van der Waals surface area contributed by atoms with Gasteiger partial charge < -0.3 is 5.11 Å². The van der Waals surface area contributed by atoms with Crippen molar-refractivity contribution < 1.29 is 18.7 Å². The van der Waals surface area contributed by atoms with Crippen LogP contribution in [0.3, 0.4) is 0 Å². The molecule has 0 aliphatic heterocycles. The van der Waals surface area contributed by atoms with Crippen molar-refractivity contribution in [2.24, 2.45) is 10.8 Å². The topological polar surface area (TPSA) is 37.3 Å². The fourth-order valence-corrected chi connectivity index (χ4v) is 3.19. The summed E-state index contributed by atoms with van der Waals surface area (Å²) in [5, 5.41) is 9.08. The summed E-state index contributed by atoms with van der Waals surface area (Å²) < 4.78 is 26.7. The van der Waals surface area contributed by atoms with Crippen molar-refractivity contribution >= 4 is 5.97 Å². The van der Waals surface area contributed by atoms with Gasteiger partial charge >= 0.3 is 5.97 Å². The Morgan fingerprint density at radius 1 is 1.20 bits per heavy atom. The van der Waals surface area contributed by atoms with Gasteiger partial charge in [-0.05, 0) is 18.3 Å². The van der Waals surface area contributed by atoms with Crippen LogP contribution < -0.4 is 0 Å². The maximum Gasteiger partial charge on any atom is 0.316 e. The summed E-state index contributed by atoms with van der Waals surface area (Å²) in [6, 6.07) is 0. The van der Waals surface area contributed by atoms with Crippen LogP contribution in [0.5, 0.6) is 0 Å². The molecule has 0 aromatic rings. The zero-order chi connectivity index (χ0) is 11.3. The van der Waals surface area contributed by atoms with E-state index in [4.69, 9.17) is 5.11 Å². The zero-order valence-corrected chi connectivity index (χ0v) is 8.85. The number of carboxylic acid groups (broad SMARTS) is 1. The molecule has 2 nitrogen and oxygen atoms in total. The van der Waals surface area contributed by atoms with Gasteiger partial charge in [0.25, 0.3) is 5.92 Å². The third-order valence-corrected chi connectivity index (χ3v) is 4.34. The first-order valence-corrected chi connectivity index (χ1v) is 5.47. The number of halogens is 2. The number of alkyl halides is 2. The Morgan fingerprint density at radius 2 is 1.67 bits per heavy atom. The Hall–Kier alpha value is -0.670. The lowest BCUT2D eigenvalue weighted by molar-refractivity contribution is -0.157. The van der Waals surface area contributed by atoms with Gasteiger partial charge in [-0.3, -0.25) is 4.79 Å². The summed E-state index contributed by atoms with van der Waals surface area (Å²) >= 11 is 0. The molecule has 2 fully saturated rings. The maximum atomic E-state index is 13.4. The molecule has 4 heteroatoms. The van der Waals surface area contributed by atoms with E-state index in [0.29, 0.717) is 12.8 Å². The van der Waals surface area contributed by atoms with E-state index in [1.165, 1.54) is 0 Å². The highest BCUT2D eigenvalue weighted by Gasteiger charge is 2.82. The van der Waals surface area contributed by atoms with Crippen LogP contribution in [-0.4, -0.2) is 17.0 Å². The van der Waals surface area contributed by atoms with Gasteiger partial charge in [0.1, 0.15) is 5.41 Å². The van der Waals surface area contributed by atoms with Crippen molar-refractivity contribution in [3.63, 3.8) is 0 Å². The lowest BCUT2D eigenvalue weighted by atomic mass is 9.64. The third-order valence-electron chi connectivity index (χ3n) is 4.34. The monoisotopic (exact) mass is 218 g/mol. The van der Waals surface area contributed by atoms with Gasteiger partial charge in [0.05, 0.1) is 0 Å². The average molecular weight is 218 g/mol. The lowest BCUT2D eigenvalue weighted by Gasteiger charge is -2.39. The fraction of sp³-hybridized carbons (Fsp3) is 0.909. The normalized spacial score (nSPS) is 37.3. The minimum Gasteiger partial charge on any atom is -0.481 e. The van der Waals surface area contributed by atoms with E-state index in [0.717, 1.165) is 19.3 Å². The molecule has 1 atom stereocenters. The van der Waals surface area contributed by atoms with Gasteiger partial charge in [-0.25, -0.2) is 8.78 Å². The number of carboxylic acids is 1. The Kier molecular flexibility index (Phi) is 2.11. The van der Waals surface area contributed by atoms with E-state index < -0.39 is 29.1 Å². The van der Waals surface area contributed by atoms with Crippen LogP contribution >= 0.6 is 0 Å². The molecule has 0 spiro atoms. The quantitative estimate of drug-likeness (QED) is 0.773. The van der Waals surface area contributed by atoms with Gasteiger partial charge in [0, 0.05) is 6.42 Å². The molecule has 15 heavy (non-hydrogen) atoms. The number of hydrogen-bond donors (Lipinski definition) is 1. The Morgan fingerprint density at radius 3 is 2.00 bits per heavy atom. The molecule has 2 aliphatic carbocycles. The third kappa shape index (κ3) is 1.23. The molecule has 0 radical (unpaired) electrons. The molecule has 86 valence electrons. The maximum absolute atomic E-state index is 13.4. The van der Waals surface area contributed by atoms with Crippen LogP contribution in [0.2, 0.25) is 0 Å². The molecule has 2 rings (SSSR count). The van der Waals surface area contributed by atoms with Crippen molar-refractivity contribution in [2.75, 3.05) is 0 Å². The summed E-state index contributed by atoms with van der Waals surface area (Å²) in [6.07, 6.45) is 3.57. The predicted octanol–water partition coefficient (Wildman–Crippen LogP) is 3.07. The molecule has 2 aliphatic rings. The number of aliphatic carboxylic acids is 1. The van der Waals surface area contributed by atoms with Crippen LogP contribution in [0.15, 0.2) is 0 Å². The molecular weight excluding hydrogens is 202 g/mol. The van der Waals surface area contributed by atoms with E-state index in [1.807, 2.05) is 0 Å². The van der Waals surface area contributed by atoms with E-state index in [2.05, 4.69) is 0 Å². The molecule has 0 saturated heterocycles. The van der Waals surface area contributed by atoms with Gasteiger partial charge in [-0.1, -0.05) is 26.2 Å². The Balaban J connectivity index is 2.31. The summed E-state index contributed by atoms with van der Waals surface area (Å²) in [7, 11) is 0. The van der Waals surface area contributed by atoms with Crippen LogP contribution in [-0.2, 0) is 4.79 Å². The standard InChI is InChI=1S/C11H16F2O2/c1-9(5-3-2-4-6-9)10(8(14)15)7-11(10,12)13/h2-7H2,1H3,(H,14,15). The largest absolute Gasteiger partial charge is 0.481 e. The van der Waals surface area contributed by atoms with Gasteiger partial charge in [-0.15, -0.1) is 0 Å². The second-order valence-corrected chi connectivity index (χ2v) is 5.21. The molecule has 0 bridgehead atoms. The Bertz CT molecular complexity index is 295. The molecule has 0 aromatic heterocycles. The van der Waals surface area contributed by atoms with Crippen LogP contribution in [0.4, 0.5) is 8.78 Å². The molecule has 1 unspecified atom stereocenters. The van der Waals surface area contributed by atoms with Gasteiger partial charge in [0.2, 0.25) is 0 Å². The molecule has 1 N–H and O–H groups in total. The van der Waals surface area contributed by atoms with Gasteiger partial charge in [0.15, 0.2) is 0 Å². The van der Waals surface area contributed by atoms with Crippen LogP contribution in [0.25, 0.3) is 0 Å². The summed E-state index contributed by atoms with van der Waals surface area (Å²) in [5.41, 5.74) is -2.47. The van der Waals surface area contributed by atoms with Crippen molar-refractivity contribution in [3.8, 4) is 0 Å². The molecule has 2 saturated carbocycles. The summed E-state index contributed by atoms with van der Waals surface area (Å²) in [4.78, 5) is 11.1. The summed E-state index contributed by atoms with van der Waals surface area (Å²) in [6.45, 7) is 1.72.